The van der Waals surface area contributed by atoms with E-state index in [1.54, 1.807) is 48.5 Å². The smallest absolute Gasteiger partial charge is 0.228 e. The molecular weight excluding hydrogens is 468 g/mol. The zero-order valence-electron chi connectivity index (χ0n) is 19.5. The van der Waals surface area contributed by atoms with Gasteiger partial charge in [-0.15, -0.1) is 10.2 Å². The summed E-state index contributed by atoms with van der Waals surface area (Å²) in [6.45, 7) is 1.29. The Morgan fingerprint density at radius 1 is 1.17 bits per heavy atom. The van der Waals surface area contributed by atoms with Gasteiger partial charge in [-0.25, -0.2) is 18.7 Å². The van der Waals surface area contributed by atoms with Crippen LogP contribution in [0.5, 0.6) is 0 Å². The molecule has 1 aliphatic heterocycles. The molecular formula is C24H23F2N9O. The Morgan fingerprint density at radius 2 is 2.08 bits per heavy atom. The number of anilines is 2. The van der Waals surface area contributed by atoms with E-state index in [1.807, 2.05) is 15.2 Å². The number of fused-ring (bicyclic) bond motifs is 3. The van der Waals surface area contributed by atoms with Crippen molar-refractivity contribution in [3.8, 4) is 22.8 Å². The van der Waals surface area contributed by atoms with Crippen LogP contribution < -0.4 is 5.32 Å². The summed E-state index contributed by atoms with van der Waals surface area (Å²) in [5.74, 6) is 1.24. The van der Waals surface area contributed by atoms with Crippen LogP contribution in [-0.4, -0.2) is 45.2 Å². The molecule has 0 fully saturated rings. The van der Waals surface area contributed by atoms with Gasteiger partial charge < -0.3 is 19.2 Å². The monoisotopic (exact) mass is 491 g/mol. The molecule has 0 saturated carbocycles. The van der Waals surface area contributed by atoms with E-state index in [4.69, 9.17) is 4.74 Å². The lowest BCUT2D eigenvalue weighted by molar-refractivity contribution is 0.0454. The summed E-state index contributed by atoms with van der Waals surface area (Å²) >= 11 is 0. The fraction of sp³-hybridized carbons (Fsp3) is 0.292. The number of hydrogen-bond donors (Lipinski definition) is 1. The first-order valence-electron chi connectivity index (χ1n) is 11.6. The molecule has 0 amide bonds. The van der Waals surface area contributed by atoms with Crippen molar-refractivity contribution in [2.45, 2.75) is 38.6 Å². The van der Waals surface area contributed by atoms with Gasteiger partial charge in [0.25, 0.3) is 0 Å². The molecule has 184 valence electrons. The third-order valence-electron chi connectivity index (χ3n) is 6.29. The molecule has 36 heavy (non-hydrogen) atoms. The van der Waals surface area contributed by atoms with E-state index in [2.05, 4.69) is 30.6 Å². The van der Waals surface area contributed by atoms with Gasteiger partial charge in [0.1, 0.15) is 30.0 Å². The average molecular weight is 492 g/mol. The lowest BCUT2D eigenvalue weighted by Gasteiger charge is -2.16. The molecule has 6 rings (SSSR count). The van der Waals surface area contributed by atoms with Crippen LogP contribution in [-0.2, 0) is 31.5 Å². The third-order valence-corrected chi connectivity index (χ3v) is 6.29. The van der Waals surface area contributed by atoms with Crippen LogP contribution >= 0.6 is 0 Å². The zero-order chi connectivity index (χ0) is 24.6. The number of allylic oxidation sites excluding steroid dienone is 2. The zero-order valence-corrected chi connectivity index (χ0v) is 19.5. The first-order valence-corrected chi connectivity index (χ1v) is 11.6. The molecule has 0 bridgehead atoms. The summed E-state index contributed by atoms with van der Waals surface area (Å²) < 4.78 is 41.0. The predicted molar refractivity (Wildman–Crippen MR) is 127 cm³/mol. The number of aromatic nitrogens is 8. The maximum absolute atomic E-state index is 15.9. The van der Waals surface area contributed by atoms with Gasteiger partial charge >= 0.3 is 0 Å². The fourth-order valence-corrected chi connectivity index (χ4v) is 4.45. The molecule has 2 aliphatic rings. The second-order valence-electron chi connectivity index (χ2n) is 8.59. The number of hydrogen-bond acceptors (Lipinski definition) is 7. The van der Waals surface area contributed by atoms with E-state index in [0.717, 1.165) is 6.42 Å². The van der Waals surface area contributed by atoms with Crippen molar-refractivity contribution in [2.24, 2.45) is 7.05 Å². The Bertz CT molecular complexity index is 1480. The van der Waals surface area contributed by atoms with E-state index >= 15 is 4.39 Å². The Hall–Kier alpha value is -4.19. The van der Waals surface area contributed by atoms with Crippen LogP contribution in [0.3, 0.4) is 0 Å². The molecule has 1 atom stereocenters. The van der Waals surface area contributed by atoms with Crippen LogP contribution in [0.1, 0.15) is 18.7 Å². The maximum atomic E-state index is 15.9. The first kappa shape index (κ1) is 22.3. The van der Waals surface area contributed by atoms with E-state index in [-0.39, 0.29) is 12.4 Å². The van der Waals surface area contributed by atoms with Gasteiger partial charge in [0.15, 0.2) is 17.5 Å². The van der Waals surface area contributed by atoms with Crippen LogP contribution in [0.4, 0.5) is 20.5 Å². The second-order valence-corrected chi connectivity index (χ2v) is 8.59. The largest absolute Gasteiger partial charge is 0.363 e. The van der Waals surface area contributed by atoms with Gasteiger partial charge in [-0.2, -0.15) is 5.10 Å². The minimum absolute atomic E-state index is 0.0803. The van der Waals surface area contributed by atoms with Gasteiger partial charge in [0.2, 0.25) is 5.95 Å². The van der Waals surface area contributed by atoms with Crippen LogP contribution in [0, 0.1) is 5.82 Å². The Balaban J connectivity index is 1.29. The molecule has 1 aliphatic carbocycles. The van der Waals surface area contributed by atoms with Gasteiger partial charge in [-0.05, 0) is 25.0 Å². The van der Waals surface area contributed by atoms with Crippen LogP contribution in [0.2, 0.25) is 0 Å². The van der Waals surface area contributed by atoms with Crippen molar-refractivity contribution in [1.82, 2.24) is 39.1 Å². The Labute approximate surface area is 205 Å². The van der Waals surface area contributed by atoms with Crippen LogP contribution in [0.25, 0.3) is 22.8 Å². The van der Waals surface area contributed by atoms with Gasteiger partial charge in [0.05, 0.1) is 17.5 Å². The highest BCUT2D eigenvalue weighted by Crippen LogP contribution is 2.34. The number of halogens is 2. The first-order chi connectivity index (χ1) is 17.6. The van der Waals surface area contributed by atoms with Gasteiger partial charge in [-0.1, -0.05) is 12.2 Å². The maximum Gasteiger partial charge on any atom is 0.228 e. The fourth-order valence-electron chi connectivity index (χ4n) is 4.45. The van der Waals surface area contributed by atoms with E-state index in [9.17, 15) is 4.39 Å². The summed E-state index contributed by atoms with van der Waals surface area (Å²) in [5, 5.41) is 15.7. The SMILES string of the molecule is Cn1nccc1Nc1nccc(-c2cn3c(c2F)-c2nnc(COC4CC=CC=C4F)n2CCC3)n1. The molecule has 0 spiro atoms. The number of ether oxygens (including phenoxy) is 1. The summed E-state index contributed by atoms with van der Waals surface area (Å²) in [5.41, 5.74) is 1.12. The second kappa shape index (κ2) is 9.11. The topological polar surface area (TPSA) is 101 Å². The molecule has 0 radical (unpaired) electrons. The molecule has 4 aromatic rings. The predicted octanol–water partition coefficient (Wildman–Crippen LogP) is 3.92. The average Bonchev–Trinajstić information content (AvgIpc) is 3.52. The number of aryl methyl sites for hydroxylation is 2. The van der Waals surface area contributed by atoms with Crippen LogP contribution in [0.15, 0.2) is 54.8 Å². The number of nitrogens with one attached hydrogen (secondary N) is 1. The van der Waals surface area contributed by atoms with Crippen molar-refractivity contribution in [3.63, 3.8) is 0 Å². The van der Waals surface area contributed by atoms with E-state index in [1.165, 1.54) is 6.08 Å². The standard InChI is InChI=1S/C24H23F2N9O/c1-33-19(8-10-28-33)30-24-27-9-7-17(29-24)15-13-34-11-4-12-35-20(31-32-23(35)22(34)21(15)26)14-36-18-6-3-2-5-16(18)25/h2-3,5,7-10,13,18H,4,6,11-12,14H2,1H3,(H,27,29,30). The van der Waals surface area contributed by atoms with Crippen molar-refractivity contribution >= 4 is 11.8 Å². The lowest BCUT2D eigenvalue weighted by atomic mass is 10.1. The molecule has 0 saturated heterocycles. The highest BCUT2D eigenvalue weighted by Gasteiger charge is 2.28. The van der Waals surface area contributed by atoms with Crippen molar-refractivity contribution in [1.29, 1.82) is 0 Å². The van der Waals surface area contributed by atoms with E-state index < -0.39 is 11.9 Å². The Morgan fingerprint density at radius 3 is 2.92 bits per heavy atom. The molecule has 12 heteroatoms. The molecule has 4 aromatic heterocycles. The quantitative estimate of drug-likeness (QED) is 0.436. The molecule has 1 N–H and O–H groups in total. The summed E-state index contributed by atoms with van der Waals surface area (Å²) in [4.78, 5) is 8.75. The van der Waals surface area contributed by atoms with E-state index in [0.29, 0.717) is 59.9 Å². The highest BCUT2D eigenvalue weighted by molar-refractivity contribution is 5.69. The lowest BCUT2D eigenvalue weighted by Crippen LogP contribution is -2.16. The van der Waals surface area contributed by atoms with Crippen molar-refractivity contribution < 1.29 is 13.5 Å². The van der Waals surface area contributed by atoms with Crippen molar-refractivity contribution in [3.05, 3.63) is 66.4 Å². The summed E-state index contributed by atoms with van der Waals surface area (Å²) in [7, 11) is 1.80. The number of nitrogens with zero attached hydrogens (tertiary/aromatic N) is 8. The van der Waals surface area contributed by atoms with Crippen molar-refractivity contribution in [2.75, 3.05) is 5.32 Å². The summed E-state index contributed by atoms with van der Waals surface area (Å²) in [6, 6.07) is 3.46. The minimum atomic E-state index is -0.646. The third kappa shape index (κ3) is 3.98. The Kier molecular flexibility index (Phi) is 5.64. The number of rotatable bonds is 6. The molecule has 10 nitrogen and oxygen atoms in total. The minimum Gasteiger partial charge on any atom is -0.363 e. The molecule has 1 unspecified atom stereocenters. The van der Waals surface area contributed by atoms with Gasteiger partial charge in [-0.3, -0.25) is 4.68 Å². The normalized spacial score (nSPS) is 16.9. The molecule has 5 heterocycles. The van der Waals surface area contributed by atoms with Gasteiger partial charge in [0, 0.05) is 38.6 Å². The molecule has 0 aromatic carbocycles. The summed E-state index contributed by atoms with van der Waals surface area (Å²) in [6.07, 6.45) is 10.5. The highest BCUT2D eigenvalue weighted by atomic mass is 19.1.